The number of amides is 2. The van der Waals surface area contributed by atoms with Gasteiger partial charge in [0.25, 0.3) is 11.8 Å². The van der Waals surface area contributed by atoms with Gasteiger partial charge in [-0.3, -0.25) is 14.5 Å². The molecule has 1 atom stereocenters. The molecule has 1 aliphatic carbocycles. The van der Waals surface area contributed by atoms with Crippen molar-refractivity contribution in [2.75, 3.05) is 64.9 Å². The average Bonchev–Trinajstić information content (AvgIpc) is 3.86. The fraction of sp³-hybridized carbons (Fsp3) is 0.528. The van der Waals surface area contributed by atoms with Gasteiger partial charge in [0.1, 0.15) is 5.02 Å². The second kappa shape index (κ2) is 14.9. The molecule has 0 spiro atoms. The molecule has 4 aliphatic rings. The Balaban J connectivity index is 1.15. The molecule has 1 aromatic heterocycles. The van der Waals surface area contributed by atoms with E-state index >= 15 is 4.39 Å². The smallest absolute Gasteiger partial charge is 0.341 e. The van der Waals surface area contributed by atoms with Crippen LogP contribution >= 0.6 is 11.6 Å². The quantitative estimate of drug-likeness (QED) is 0.319. The van der Waals surface area contributed by atoms with Crippen molar-refractivity contribution in [2.24, 2.45) is 0 Å². The van der Waals surface area contributed by atoms with E-state index < -0.39 is 45.3 Å². The van der Waals surface area contributed by atoms with Crippen LogP contribution in [0.5, 0.6) is 5.75 Å². The zero-order valence-corrected chi connectivity index (χ0v) is 30.9. The predicted octanol–water partition coefficient (Wildman–Crippen LogP) is 3.94. The van der Waals surface area contributed by atoms with Crippen LogP contribution in [0.4, 0.5) is 10.1 Å². The highest BCUT2D eigenvalue weighted by molar-refractivity contribution is 7.87. The van der Waals surface area contributed by atoms with Gasteiger partial charge in [0.2, 0.25) is 0 Å². The summed E-state index contributed by atoms with van der Waals surface area (Å²) in [4.78, 5) is 46.4. The van der Waals surface area contributed by atoms with Gasteiger partial charge < -0.3 is 23.7 Å². The minimum absolute atomic E-state index is 0.127. The van der Waals surface area contributed by atoms with Crippen LogP contribution < -0.4 is 20.0 Å². The molecule has 0 radical (unpaired) electrons. The maximum Gasteiger partial charge on any atom is 0.341 e. The number of nitrogens with one attached hydrogen (secondary N) is 1. The second-order valence-electron chi connectivity index (χ2n) is 14.0. The van der Waals surface area contributed by atoms with Crippen molar-refractivity contribution in [3.8, 4) is 5.75 Å². The highest BCUT2D eigenvalue weighted by atomic mass is 35.5. The molecule has 0 bridgehead atoms. The molecular formula is C36H43ClFN5O8S. The number of ether oxygens (including phenoxy) is 2. The van der Waals surface area contributed by atoms with Crippen LogP contribution in [-0.4, -0.2) is 107 Å². The minimum atomic E-state index is -4.15. The molecule has 1 N–H and O–H groups in total. The van der Waals surface area contributed by atoms with Crippen molar-refractivity contribution in [3.05, 3.63) is 67.8 Å². The van der Waals surface area contributed by atoms with E-state index in [0.717, 1.165) is 43.2 Å². The summed E-state index contributed by atoms with van der Waals surface area (Å²) in [6, 6.07) is 6.36. The van der Waals surface area contributed by atoms with Crippen LogP contribution in [-0.2, 0) is 27.9 Å². The monoisotopic (exact) mass is 759 g/mol. The zero-order chi connectivity index (χ0) is 36.7. The normalized spacial score (nSPS) is 20.4. The maximum atomic E-state index is 16.4. The lowest BCUT2D eigenvalue weighted by molar-refractivity contribution is 0.0725. The predicted molar refractivity (Wildman–Crippen MR) is 193 cm³/mol. The fourth-order valence-electron chi connectivity index (χ4n) is 7.76. The van der Waals surface area contributed by atoms with Crippen LogP contribution in [0.3, 0.4) is 0 Å². The standard InChI is InChI=1S/C36H43ClFN5O8S/c1-40-17-18-41(19-22(40)21-49-2)29-12-11-25-24-13-16-42(20-28(24)36(46)51-32(25)30(29)37)35(45)26-9-10-27(33(31(26)38)50-23-7-3-4-8-23)34(44)39-52(47,48)43-14-5-6-15-43/h9-12,22-23H,3-8,13-21H2,1-2H3,(H,39,44)/t22-/m1/s1. The number of piperazine rings is 1. The van der Waals surface area contributed by atoms with Crippen molar-refractivity contribution >= 4 is 50.3 Å². The van der Waals surface area contributed by atoms with Crippen LogP contribution in [0, 0.1) is 5.82 Å². The van der Waals surface area contributed by atoms with E-state index in [9.17, 15) is 22.8 Å². The Labute approximate surface area is 306 Å². The molecule has 13 nitrogen and oxygen atoms in total. The number of rotatable bonds is 9. The van der Waals surface area contributed by atoms with Crippen LogP contribution in [0.15, 0.2) is 33.5 Å². The third-order valence-corrected chi connectivity index (χ3v) is 12.6. The Hall–Kier alpha value is -3.76. The number of halogens is 2. The van der Waals surface area contributed by atoms with Crippen LogP contribution in [0.2, 0.25) is 5.02 Å². The Morgan fingerprint density at radius 1 is 1.00 bits per heavy atom. The average molecular weight is 760 g/mol. The summed E-state index contributed by atoms with van der Waals surface area (Å²) in [6.45, 7) is 3.42. The number of carbonyl (C=O) groups is 2. The number of nitrogens with zero attached hydrogens (tertiary/aromatic N) is 4. The summed E-state index contributed by atoms with van der Waals surface area (Å²) in [6.07, 6.45) is 4.24. The van der Waals surface area contributed by atoms with E-state index in [1.807, 2.05) is 16.9 Å². The third kappa shape index (κ3) is 7.00. The first-order chi connectivity index (χ1) is 25.0. The summed E-state index contributed by atoms with van der Waals surface area (Å²) in [5, 5.41) is 1.02. The molecule has 1 saturated carbocycles. The summed E-state index contributed by atoms with van der Waals surface area (Å²) in [5.74, 6) is -3.27. The van der Waals surface area contributed by atoms with Crippen LogP contribution in [0.1, 0.15) is 70.4 Å². The number of likely N-dealkylation sites (N-methyl/N-ethyl adjacent to an activating group) is 1. The number of hydrogen-bond acceptors (Lipinski definition) is 10. The number of carbonyl (C=O) groups excluding carboxylic acids is 2. The molecule has 2 aromatic carbocycles. The number of fused-ring (bicyclic) bond motifs is 3. The Morgan fingerprint density at radius 2 is 1.73 bits per heavy atom. The Bertz CT molecular complexity index is 2050. The van der Waals surface area contributed by atoms with Gasteiger partial charge in [0, 0.05) is 51.8 Å². The number of methoxy groups -OCH3 is 1. The number of benzene rings is 2. The van der Waals surface area contributed by atoms with Crippen LogP contribution in [0.25, 0.3) is 11.0 Å². The number of hydrogen-bond donors (Lipinski definition) is 1. The lowest BCUT2D eigenvalue weighted by Crippen LogP contribution is -2.53. The summed E-state index contributed by atoms with van der Waals surface area (Å²) < 4.78 is 62.5. The lowest BCUT2D eigenvalue weighted by atomic mass is 9.96. The van der Waals surface area contributed by atoms with Gasteiger partial charge in [-0.2, -0.15) is 12.7 Å². The van der Waals surface area contributed by atoms with Gasteiger partial charge in [-0.25, -0.2) is 13.9 Å². The minimum Gasteiger partial charge on any atom is -0.486 e. The maximum absolute atomic E-state index is 16.4. The molecular weight excluding hydrogens is 717 g/mol. The Kier molecular flexibility index (Phi) is 10.5. The van der Waals surface area contributed by atoms with E-state index in [1.54, 1.807) is 7.11 Å². The third-order valence-electron chi connectivity index (χ3n) is 10.7. The Morgan fingerprint density at radius 3 is 2.46 bits per heavy atom. The molecule has 2 amide bonds. The van der Waals surface area contributed by atoms with Crippen molar-refractivity contribution in [1.82, 2.24) is 18.8 Å². The van der Waals surface area contributed by atoms with E-state index in [-0.39, 0.29) is 54.5 Å². The van der Waals surface area contributed by atoms with E-state index in [1.165, 1.54) is 15.3 Å². The van der Waals surface area contributed by atoms with Gasteiger partial charge in [-0.05, 0) is 81.8 Å². The van der Waals surface area contributed by atoms with E-state index in [2.05, 4.69) is 16.8 Å². The molecule has 3 aromatic rings. The fourth-order valence-corrected chi connectivity index (χ4v) is 9.30. The molecule has 0 unspecified atom stereocenters. The molecule has 280 valence electrons. The van der Waals surface area contributed by atoms with E-state index in [4.69, 9.17) is 25.5 Å². The van der Waals surface area contributed by atoms with Crippen molar-refractivity contribution < 1.29 is 36.3 Å². The zero-order valence-electron chi connectivity index (χ0n) is 29.3. The van der Waals surface area contributed by atoms with Gasteiger partial charge >= 0.3 is 15.8 Å². The largest absolute Gasteiger partial charge is 0.486 e. The SMILES string of the molecule is COC[C@H]1CN(c2ccc3c4c(c(=O)oc3c2Cl)CN(C(=O)c2ccc(C(=O)NS(=O)(=O)N3CCCC3)c(OC3CCCC3)c2F)CC4)CCN1C. The van der Waals surface area contributed by atoms with Gasteiger partial charge in [0.15, 0.2) is 17.1 Å². The van der Waals surface area contributed by atoms with Gasteiger partial charge in [0.05, 0.1) is 47.7 Å². The summed E-state index contributed by atoms with van der Waals surface area (Å²) in [7, 11) is -0.422. The van der Waals surface area contributed by atoms with Gasteiger partial charge in [-0.15, -0.1) is 0 Å². The molecule has 3 fully saturated rings. The molecule has 2 saturated heterocycles. The first kappa shape index (κ1) is 36.6. The van der Waals surface area contributed by atoms with Crippen molar-refractivity contribution in [3.63, 3.8) is 0 Å². The lowest BCUT2D eigenvalue weighted by Gasteiger charge is -2.40. The first-order valence-electron chi connectivity index (χ1n) is 17.8. The summed E-state index contributed by atoms with van der Waals surface area (Å²) in [5.41, 5.74) is 0.736. The first-order valence-corrected chi connectivity index (χ1v) is 19.6. The molecule has 7 rings (SSSR count). The molecule has 3 aliphatic heterocycles. The highest BCUT2D eigenvalue weighted by Gasteiger charge is 2.34. The second-order valence-corrected chi connectivity index (χ2v) is 16.1. The van der Waals surface area contributed by atoms with E-state index in [0.29, 0.717) is 55.7 Å². The van der Waals surface area contributed by atoms with Crippen molar-refractivity contribution in [2.45, 2.75) is 63.6 Å². The number of anilines is 1. The highest BCUT2D eigenvalue weighted by Crippen LogP contribution is 2.38. The molecule has 4 heterocycles. The molecule has 52 heavy (non-hydrogen) atoms. The van der Waals surface area contributed by atoms with Gasteiger partial charge in [-0.1, -0.05) is 11.6 Å². The summed E-state index contributed by atoms with van der Waals surface area (Å²) >= 11 is 6.90. The topological polar surface area (TPSA) is 142 Å². The van der Waals surface area contributed by atoms with Crippen molar-refractivity contribution in [1.29, 1.82) is 0 Å². The molecule has 16 heteroatoms.